The lowest BCUT2D eigenvalue weighted by molar-refractivity contribution is -0.144. The molecule has 216 valence electrons. The van der Waals surface area contributed by atoms with E-state index in [2.05, 4.69) is 17.2 Å². The Morgan fingerprint density at radius 2 is 1.82 bits per heavy atom. The molecule has 11 nitrogen and oxygen atoms in total. The molecule has 1 fully saturated rings. The van der Waals surface area contributed by atoms with Crippen molar-refractivity contribution in [3.63, 3.8) is 0 Å². The fourth-order valence-corrected chi connectivity index (χ4v) is 4.18. The minimum absolute atomic E-state index is 0.00626. The van der Waals surface area contributed by atoms with Crippen LogP contribution in [0.3, 0.4) is 0 Å². The van der Waals surface area contributed by atoms with E-state index < -0.39 is 47.6 Å². The third-order valence-corrected chi connectivity index (χ3v) is 5.88. The first-order chi connectivity index (χ1) is 17.7. The highest BCUT2D eigenvalue weighted by molar-refractivity contribution is 5.93. The van der Waals surface area contributed by atoms with Gasteiger partial charge in [0.25, 0.3) is 0 Å². The van der Waals surface area contributed by atoms with Gasteiger partial charge >= 0.3 is 12.1 Å². The molecule has 0 aromatic carbocycles. The first kappa shape index (κ1) is 32.9. The van der Waals surface area contributed by atoms with Gasteiger partial charge < -0.3 is 29.9 Å². The zero-order chi connectivity index (χ0) is 29.0. The second-order valence-corrected chi connectivity index (χ2v) is 10.9. The molecule has 0 saturated carbocycles. The Hall–Kier alpha value is -3.11. The summed E-state index contributed by atoms with van der Waals surface area (Å²) in [5, 5.41) is 5.29. The van der Waals surface area contributed by atoms with E-state index in [-0.39, 0.29) is 37.9 Å². The molecular weight excluding hydrogens is 492 g/mol. The number of nitrogens with zero attached hydrogens (tertiary/aromatic N) is 2. The standard InChI is InChI=1S/C27H46N4O7/c1-9-13-30(26(36)38-27(6,7)8)19(5)16-22(32)31-14-11-12-21(31)25(35)29-20(15-18(3)4)24(34)28-17-23(33)37-10-2/h9,18-21H,1,10-17H2,2-8H3,(H,28,34)(H,29,35)/t19?,20-,21-/m0/s1. The Morgan fingerprint density at radius 3 is 2.37 bits per heavy atom. The van der Waals surface area contributed by atoms with E-state index in [9.17, 15) is 24.0 Å². The van der Waals surface area contributed by atoms with Gasteiger partial charge in [-0.05, 0) is 59.8 Å². The Bertz CT molecular complexity index is 853. The zero-order valence-electron chi connectivity index (χ0n) is 24.0. The normalized spacial score (nSPS) is 16.8. The molecule has 0 aromatic rings. The Morgan fingerprint density at radius 1 is 1.16 bits per heavy atom. The summed E-state index contributed by atoms with van der Waals surface area (Å²) in [6.45, 7) is 16.8. The summed E-state index contributed by atoms with van der Waals surface area (Å²) in [6.07, 6.45) is 2.51. The van der Waals surface area contributed by atoms with Gasteiger partial charge in [-0.1, -0.05) is 19.9 Å². The van der Waals surface area contributed by atoms with Crippen LogP contribution in [-0.2, 0) is 28.7 Å². The maximum atomic E-state index is 13.2. The number of amides is 4. The Balaban J connectivity index is 2.88. The van der Waals surface area contributed by atoms with Crippen LogP contribution in [0.25, 0.3) is 0 Å². The SMILES string of the molecule is C=CCN(C(=O)OC(C)(C)C)C(C)CC(=O)N1CCC[C@H]1C(=O)N[C@@H](CC(C)C)C(=O)NCC(=O)OCC. The van der Waals surface area contributed by atoms with Crippen molar-refractivity contribution in [1.82, 2.24) is 20.4 Å². The first-order valence-corrected chi connectivity index (χ1v) is 13.3. The molecule has 11 heteroatoms. The second kappa shape index (κ2) is 15.3. The van der Waals surface area contributed by atoms with Gasteiger partial charge in [-0.25, -0.2) is 4.79 Å². The molecule has 1 unspecified atom stereocenters. The van der Waals surface area contributed by atoms with Gasteiger partial charge in [0.15, 0.2) is 0 Å². The van der Waals surface area contributed by atoms with Crippen LogP contribution in [-0.4, -0.2) is 89.6 Å². The predicted octanol–water partition coefficient (Wildman–Crippen LogP) is 2.39. The highest BCUT2D eigenvalue weighted by atomic mass is 16.6. The van der Waals surface area contributed by atoms with Gasteiger partial charge in [-0.15, -0.1) is 6.58 Å². The third-order valence-electron chi connectivity index (χ3n) is 5.88. The topological polar surface area (TPSA) is 134 Å². The highest BCUT2D eigenvalue weighted by Crippen LogP contribution is 2.21. The summed E-state index contributed by atoms with van der Waals surface area (Å²) >= 11 is 0. The van der Waals surface area contributed by atoms with Crippen molar-refractivity contribution in [1.29, 1.82) is 0 Å². The summed E-state index contributed by atoms with van der Waals surface area (Å²) in [5.74, 6) is -1.63. The molecule has 0 radical (unpaired) electrons. The van der Waals surface area contributed by atoms with Gasteiger partial charge in [0.1, 0.15) is 24.2 Å². The van der Waals surface area contributed by atoms with Gasteiger partial charge in [0.2, 0.25) is 17.7 Å². The van der Waals surface area contributed by atoms with Crippen molar-refractivity contribution >= 4 is 29.8 Å². The van der Waals surface area contributed by atoms with Crippen LogP contribution in [0.15, 0.2) is 12.7 Å². The van der Waals surface area contributed by atoms with Crippen molar-refractivity contribution < 1.29 is 33.4 Å². The molecule has 4 amide bonds. The van der Waals surface area contributed by atoms with Gasteiger partial charge in [-0.2, -0.15) is 0 Å². The number of ether oxygens (including phenoxy) is 2. The van der Waals surface area contributed by atoms with Crippen LogP contribution in [0.5, 0.6) is 0 Å². The van der Waals surface area contributed by atoms with Crippen molar-refractivity contribution in [2.45, 2.75) is 97.9 Å². The predicted molar refractivity (Wildman–Crippen MR) is 143 cm³/mol. The quantitative estimate of drug-likeness (QED) is 0.272. The van der Waals surface area contributed by atoms with Crippen LogP contribution >= 0.6 is 0 Å². The highest BCUT2D eigenvalue weighted by Gasteiger charge is 2.37. The molecule has 2 N–H and O–H groups in total. The molecule has 1 saturated heterocycles. The van der Waals surface area contributed by atoms with Crippen LogP contribution < -0.4 is 10.6 Å². The number of nitrogens with one attached hydrogen (secondary N) is 2. The second-order valence-electron chi connectivity index (χ2n) is 10.9. The average molecular weight is 539 g/mol. The summed E-state index contributed by atoms with van der Waals surface area (Å²) in [6, 6.07) is -2.07. The number of rotatable bonds is 13. The summed E-state index contributed by atoms with van der Waals surface area (Å²) in [7, 11) is 0. The lowest BCUT2D eigenvalue weighted by atomic mass is 10.0. The number of hydrogen-bond donors (Lipinski definition) is 2. The van der Waals surface area contributed by atoms with Crippen molar-refractivity contribution in [3.05, 3.63) is 12.7 Å². The van der Waals surface area contributed by atoms with Gasteiger partial charge in [0, 0.05) is 25.6 Å². The number of hydrogen-bond acceptors (Lipinski definition) is 7. The van der Waals surface area contributed by atoms with E-state index in [0.29, 0.717) is 25.8 Å². The van der Waals surface area contributed by atoms with Crippen LogP contribution in [0, 0.1) is 5.92 Å². The molecule has 1 aliphatic rings. The maximum absolute atomic E-state index is 13.2. The third kappa shape index (κ3) is 11.1. The molecule has 3 atom stereocenters. The summed E-state index contributed by atoms with van der Waals surface area (Å²) in [5.41, 5.74) is -0.687. The minimum Gasteiger partial charge on any atom is -0.465 e. The lowest BCUT2D eigenvalue weighted by Gasteiger charge is -2.32. The lowest BCUT2D eigenvalue weighted by Crippen LogP contribution is -2.54. The van der Waals surface area contributed by atoms with Crippen molar-refractivity contribution in [3.8, 4) is 0 Å². The Kier molecular flexibility index (Phi) is 13.3. The molecule has 1 rings (SSSR count). The zero-order valence-corrected chi connectivity index (χ0v) is 24.0. The monoisotopic (exact) mass is 538 g/mol. The van der Waals surface area contributed by atoms with Gasteiger partial charge in [-0.3, -0.25) is 19.2 Å². The van der Waals surface area contributed by atoms with Crippen molar-refractivity contribution in [2.24, 2.45) is 5.92 Å². The minimum atomic E-state index is -0.858. The van der Waals surface area contributed by atoms with Crippen molar-refractivity contribution in [2.75, 3.05) is 26.2 Å². The van der Waals surface area contributed by atoms with Crippen LogP contribution in [0.4, 0.5) is 4.79 Å². The van der Waals surface area contributed by atoms with E-state index in [1.54, 1.807) is 40.7 Å². The number of carbonyl (C=O) groups is 5. The van der Waals surface area contributed by atoms with E-state index in [1.165, 1.54) is 9.80 Å². The molecule has 0 aliphatic carbocycles. The van der Waals surface area contributed by atoms with E-state index in [0.717, 1.165) is 0 Å². The fourth-order valence-electron chi connectivity index (χ4n) is 4.18. The van der Waals surface area contributed by atoms with Gasteiger partial charge in [0.05, 0.1) is 6.61 Å². The summed E-state index contributed by atoms with van der Waals surface area (Å²) in [4.78, 5) is 66.4. The van der Waals surface area contributed by atoms with E-state index >= 15 is 0 Å². The molecule has 1 aliphatic heterocycles. The number of esters is 1. The first-order valence-electron chi connectivity index (χ1n) is 13.3. The fraction of sp³-hybridized carbons (Fsp3) is 0.741. The number of likely N-dealkylation sites (tertiary alicyclic amines) is 1. The Labute approximate surface area is 226 Å². The molecule has 0 bridgehead atoms. The summed E-state index contributed by atoms with van der Waals surface area (Å²) < 4.78 is 10.3. The van der Waals surface area contributed by atoms with E-state index in [1.807, 2.05) is 13.8 Å². The van der Waals surface area contributed by atoms with E-state index in [4.69, 9.17) is 9.47 Å². The molecule has 0 spiro atoms. The largest absolute Gasteiger partial charge is 0.465 e. The van der Waals surface area contributed by atoms with Crippen LogP contribution in [0.1, 0.15) is 74.1 Å². The molecular formula is C27H46N4O7. The van der Waals surface area contributed by atoms with Crippen LogP contribution in [0.2, 0.25) is 0 Å². The smallest absolute Gasteiger partial charge is 0.410 e. The molecule has 0 aromatic heterocycles. The molecule has 38 heavy (non-hydrogen) atoms. The molecule has 1 heterocycles. The number of carbonyl (C=O) groups excluding carboxylic acids is 5. The maximum Gasteiger partial charge on any atom is 0.410 e. The average Bonchev–Trinajstić information content (AvgIpc) is 3.29.